The van der Waals surface area contributed by atoms with Gasteiger partial charge in [-0.05, 0) is 42.5 Å². The Morgan fingerprint density at radius 1 is 1.15 bits per heavy atom. The first-order chi connectivity index (χ1) is 13.2. The number of esters is 1. The van der Waals surface area contributed by atoms with Crippen LogP contribution in [0, 0.1) is 11.3 Å². The summed E-state index contributed by atoms with van der Waals surface area (Å²) in [6.07, 6.45) is 6.65. The van der Waals surface area contributed by atoms with Crippen LogP contribution in [-0.4, -0.2) is 19.1 Å². The molecule has 3 heteroatoms. The van der Waals surface area contributed by atoms with Crippen LogP contribution in [-0.2, 0) is 16.0 Å². The van der Waals surface area contributed by atoms with Crippen molar-refractivity contribution in [3.63, 3.8) is 0 Å². The minimum atomic E-state index is -0.384. The van der Waals surface area contributed by atoms with Crippen molar-refractivity contribution in [2.75, 3.05) is 18.5 Å². The highest BCUT2D eigenvalue weighted by atomic mass is 16.5. The van der Waals surface area contributed by atoms with Crippen LogP contribution in [0.2, 0.25) is 0 Å². The maximum Gasteiger partial charge on any atom is 0.313 e. The minimum absolute atomic E-state index is 0.0422. The number of nitrogens with one attached hydrogen (secondary N) is 1. The molecule has 0 bridgehead atoms. The summed E-state index contributed by atoms with van der Waals surface area (Å²) >= 11 is 0. The number of allylic oxidation sites excluding steroid dienone is 1. The van der Waals surface area contributed by atoms with Gasteiger partial charge in [-0.25, -0.2) is 0 Å². The van der Waals surface area contributed by atoms with E-state index in [1.807, 2.05) is 18.2 Å². The average Bonchev–Trinajstić information content (AvgIpc) is 3.15. The molecular formula is C24H25NO2. The van der Waals surface area contributed by atoms with Crippen LogP contribution in [0.3, 0.4) is 0 Å². The van der Waals surface area contributed by atoms with Crippen molar-refractivity contribution in [1.29, 1.82) is 0 Å². The first kappa shape index (κ1) is 17.6. The van der Waals surface area contributed by atoms with Crippen molar-refractivity contribution in [1.82, 2.24) is 0 Å². The van der Waals surface area contributed by atoms with Gasteiger partial charge in [-0.3, -0.25) is 4.79 Å². The lowest BCUT2D eigenvalue weighted by Crippen LogP contribution is -2.31. The minimum Gasteiger partial charge on any atom is -0.465 e. The SMILES string of the molecule is C=C1CC2COC(=O)C2(Cc2ccc(NC/C=C/c3ccccc3)cc2)C1. The molecule has 1 heterocycles. The first-order valence-electron chi connectivity index (χ1n) is 9.54. The Labute approximate surface area is 160 Å². The van der Waals surface area contributed by atoms with Gasteiger partial charge in [0, 0.05) is 18.2 Å². The van der Waals surface area contributed by atoms with Crippen molar-refractivity contribution >= 4 is 17.7 Å². The summed E-state index contributed by atoms with van der Waals surface area (Å²) in [6.45, 7) is 5.43. The molecule has 0 aromatic heterocycles. The molecule has 0 radical (unpaired) electrons. The molecule has 3 nitrogen and oxygen atoms in total. The highest BCUT2D eigenvalue weighted by Gasteiger charge is 2.55. The van der Waals surface area contributed by atoms with Crippen LogP contribution in [0.25, 0.3) is 6.08 Å². The number of anilines is 1. The molecule has 1 aliphatic heterocycles. The van der Waals surface area contributed by atoms with E-state index in [2.05, 4.69) is 60.4 Å². The standard InChI is InChI=1S/C24H25NO2/c1-18-14-21-17-27-23(26)24(21,15-18)16-20-9-11-22(12-10-20)25-13-5-8-19-6-3-2-4-7-19/h2-12,21,25H,1,13-17H2/b8-5+. The van der Waals surface area contributed by atoms with E-state index in [0.717, 1.165) is 31.5 Å². The third-order valence-electron chi connectivity index (χ3n) is 5.71. The van der Waals surface area contributed by atoms with E-state index in [4.69, 9.17) is 4.74 Å². The molecule has 27 heavy (non-hydrogen) atoms. The second-order valence-corrected chi connectivity index (χ2v) is 7.65. The van der Waals surface area contributed by atoms with Crippen molar-refractivity contribution < 1.29 is 9.53 Å². The number of fused-ring (bicyclic) bond motifs is 1. The number of ether oxygens (including phenoxy) is 1. The van der Waals surface area contributed by atoms with Gasteiger partial charge in [-0.1, -0.05) is 66.8 Å². The fourth-order valence-corrected chi connectivity index (χ4v) is 4.30. The fourth-order valence-electron chi connectivity index (χ4n) is 4.30. The van der Waals surface area contributed by atoms with Crippen LogP contribution < -0.4 is 5.32 Å². The summed E-state index contributed by atoms with van der Waals surface area (Å²) in [4.78, 5) is 12.4. The van der Waals surface area contributed by atoms with Gasteiger partial charge >= 0.3 is 5.97 Å². The van der Waals surface area contributed by atoms with Crippen LogP contribution in [0.1, 0.15) is 24.0 Å². The zero-order valence-corrected chi connectivity index (χ0v) is 15.5. The highest BCUT2D eigenvalue weighted by Crippen LogP contribution is 2.52. The predicted octanol–water partition coefficient (Wildman–Crippen LogP) is 4.86. The third-order valence-corrected chi connectivity index (χ3v) is 5.71. The summed E-state index contributed by atoms with van der Waals surface area (Å²) in [5, 5.41) is 3.40. The molecule has 138 valence electrons. The van der Waals surface area contributed by atoms with Crippen LogP contribution in [0.4, 0.5) is 5.69 Å². The van der Waals surface area contributed by atoms with Crippen molar-refractivity contribution in [3.8, 4) is 0 Å². The zero-order chi connectivity index (χ0) is 18.7. The summed E-state index contributed by atoms with van der Waals surface area (Å²) in [6, 6.07) is 18.7. The van der Waals surface area contributed by atoms with Gasteiger partial charge in [-0.2, -0.15) is 0 Å². The fraction of sp³-hybridized carbons (Fsp3) is 0.292. The van der Waals surface area contributed by atoms with E-state index in [1.165, 1.54) is 16.7 Å². The Morgan fingerprint density at radius 3 is 2.70 bits per heavy atom. The van der Waals surface area contributed by atoms with Crippen LogP contribution in [0.15, 0.2) is 72.8 Å². The number of carbonyl (C=O) groups excluding carboxylic acids is 1. The van der Waals surface area contributed by atoms with Crippen molar-refractivity contribution in [2.45, 2.75) is 19.3 Å². The largest absolute Gasteiger partial charge is 0.465 e. The molecule has 1 aliphatic carbocycles. The summed E-state index contributed by atoms with van der Waals surface area (Å²) < 4.78 is 5.37. The van der Waals surface area contributed by atoms with E-state index in [9.17, 15) is 4.79 Å². The van der Waals surface area contributed by atoms with E-state index >= 15 is 0 Å². The Morgan fingerprint density at radius 2 is 1.93 bits per heavy atom. The number of cyclic esters (lactones) is 1. The smallest absolute Gasteiger partial charge is 0.313 e. The number of hydrogen-bond acceptors (Lipinski definition) is 3. The summed E-state index contributed by atoms with van der Waals surface area (Å²) in [5.41, 5.74) is 4.25. The number of hydrogen-bond donors (Lipinski definition) is 1. The van der Waals surface area contributed by atoms with Crippen LogP contribution in [0.5, 0.6) is 0 Å². The van der Waals surface area contributed by atoms with Gasteiger partial charge in [0.15, 0.2) is 0 Å². The van der Waals surface area contributed by atoms with Gasteiger partial charge in [0.1, 0.15) is 0 Å². The zero-order valence-electron chi connectivity index (χ0n) is 15.5. The van der Waals surface area contributed by atoms with E-state index in [1.54, 1.807) is 0 Å². The summed E-state index contributed by atoms with van der Waals surface area (Å²) in [5.74, 6) is 0.248. The molecule has 1 saturated carbocycles. The quantitative estimate of drug-likeness (QED) is 0.591. The molecular weight excluding hydrogens is 334 g/mol. The van der Waals surface area contributed by atoms with E-state index in [0.29, 0.717) is 12.5 Å². The number of benzene rings is 2. The molecule has 2 aromatic carbocycles. The Hall–Kier alpha value is -2.81. The number of carbonyl (C=O) groups is 1. The molecule has 2 atom stereocenters. The highest BCUT2D eigenvalue weighted by molar-refractivity contribution is 5.81. The topological polar surface area (TPSA) is 38.3 Å². The molecule has 2 aromatic rings. The molecule has 1 N–H and O–H groups in total. The van der Waals surface area contributed by atoms with Gasteiger partial charge in [0.05, 0.1) is 12.0 Å². The maximum absolute atomic E-state index is 12.4. The van der Waals surface area contributed by atoms with E-state index in [-0.39, 0.29) is 11.4 Å². The lowest BCUT2D eigenvalue weighted by Gasteiger charge is -2.24. The molecule has 1 saturated heterocycles. The van der Waals surface area contributed by atoms with Gasteiger partial charge in [-0.15, -0.1) is 0 Å². The second kappa shape index (κ2) is 7.43. The molecule has 2 fully saturated rings. The van der Waals surface area contributed by atoms with Gasteiger partial charge < -0.3 is 10.1 Å². The monoisotopic (exact) mass is 359 g/mol. The molecule has 2 aliphatic rings. The molecule has 0 spiro atoms. The maximum atomic E-state index is 12.4. The molecule has 2 unspecified atom stereocenters. The average molecular weight is 359 g/mol. The lowest BCUT2D eigenvalue weighted by atomic mass is 9.75. The predicted molar refractivity (Wildman–Crippen MR) is 109 cm³/mol. The Balaban J connectivity index is 1.36. The van der Waals surface area contributed by atoms with Crippen molar-refractivity contribution in [2.24, 2.45) is 11.3 Å². The third kappa shape index (κ3) is 3.68. The Bertz CT molecular complexity index is 854. The molecule has 0 amide bonds. The Kier molecular flexibility index (Phi) is 4.85. The first-order valence-corrected chi connectivity index (χ1v) is 9.54. The van der Waals surface area contributed by atoms with E-state index < -0.39 is 0 Å². The van der Waals surface area contributed by atoms with Crippen LogP contribution >= 0.6 is 0 Å². The summed E-state index contributed by atoms with van der Waals surface area (Å²) in [7, 11) is 0. The van der Waals surface area contributed by atoms with Gasteiger partial charge in [0.25, 0.3) is 0 Å². The lowest BCUT2D eigenvalue weighted by molar-refractivity contribution is -0.146. The second-order valence-electron chi connectivity index (χ2n) is 7.65. The normalized spacial score (nSPS) is 24.2. The van der Waals surface area contributed by atoms with Gasteiger partial charge in [0.2, 0.25) is 0 Å². The molecule has 4 rings (SSSR count). The van der Waals surface area contributed by atoms with Crippen molar-refractivity contribution in [3.05, 3.63) is 84.0 Å². The number of rotatable bonds is 6.